The molecule has 1 heterocycles. The molecular formula is C17H12ClFN2O2S. The minimum absolute atomic E-state index is 0.0230. The van der Waals surface area contributed by atoms with Crippen molar-refractivity contribution in [3.8, 4) is 0 Å². The van der Waals surface area contributed by atoms with Gasteiger partial charge in [-0.2, -0.15) is 0 Å². The Labute approximate surface area is 147 Å². The summed E-state index contributed by atoms with van der Waals surface area (Å²) in [5.74, 6) is -0.752. The number of thioether (sulfide) groups is 1. The van der Waals surface area contributed by atoms with Crippen molar-refractivity contribution in [3.63, 3.8) is 0 Å². The van der Waals surface area contributed by atoms with Gasteiger partial charge in [0.05, 0.1) is 22.3 Å². The highest BCUT2D eigenvalue weighted by Gasteiger charge is 2.34. The highest BCUT2D eigenvalue weighted by atomic mass is 35.5. The van der Waals surface area contributed by atoms with Crippen LogP contribution in [0.4, 0.5) is 14.9 Å². The largest absolute Gasteiger partial charge is 0.366 e. The van der Waals surface area contributed by atoms with Crippen molar-refractivity contribution in [1.82, 2.24) is 4.90 Å². The molecule has 24 heavy (non-hydrogen) atoms. The summed E-state index contributed by atoms with van der Waals surface area (Å²) in [5.41, 5.74) is 1.29. The lowest BCUT2D eigenvalue weighted by atomic mass is 10.2. The molecule has 4 nitrogen and oxygen atoms in total. The Kier molecular flexibility index (Phi) is 4.87. The van der Waals surface area contributed by atoms with E-state index in [0.29, 0.717) is 21.2 Å². The van der Waals surface area contributed by atoms with E-state index in [9.17, 15) is 14.0 Å². The fourth-order valence-corrected chi connectivity index (χ4v) is 3.16. The van der Waals surface area contributed by atoms with Gasteiger partial charge in [-0.3, -0.25) is 14.5 Å². The summed E-state index contributed by atoms with van der Waals surface area (Å²) in [4.78, 5) is 25.8. The highest BCUT2D eigenvalue weighted by molar-refractivity contribution is 8.18. The number of carbonyl (C=O) groups excluding carboxylic acids is 2. The molecule has 1 aliphatic heterocycles. The van der Waals surface area contributed by atoms with Crippen molar-refractivity contribution in [1.29, 1.82) is 0 Å². The summed E-state index contributed by atoms with van der Waals surface area (Å²) < 4.78 is 12.9. The minimum Gasteiger partial charge on any atom is -0.366 e. The SMILES string of the molecule is O=C1SC(=Cc2ccc(F)cc2)C(=O)N1CNc1ccccc1Cl. The maximum Gasteiger partial charge on any atom is 0.295 e. The van der Waals surface area contributed by atoms with Gasteiger partial charge in [0.15, 0.2) is 0 Å². The van der Waals surface area contributed by atoms with Crippen molar-refractivity contribution in [2.24, 2.45) is 0 Å². The summed E-state index contributed by atoms with van der Waals surface area (Å²) in [6.07, 6.45) is 1.57. The van der Waals surface area contributed by atoms with Crippen molar-refractivity contribution in [2.45, 2.75) is 0 Å². The first-order valence-electron chi connectivity index (χ1n) is 7.04. The summed E-state index contributed by atoms with van der Waals surface area (Å²) in [7, 11) is 0. The van der Waals surface area contributed by atoms with Crippen LogP contribution >= 0.6 is 23.4 Å². The number of para-hydroxylation sites is 1. The number of hydrogen-bond donors (Lipinski definition) is 1. The number of halogens is 2. The molecule has 0 unspecified atom stereocenters. The Balaban J connectivity index is 1.72. The molecule has 0 spiro atoms. The molecule has 3 rings (SSSR count). The molecule has 1 N–H and O–H groups in total. The summed E-state index contributed by atoms with van der Waals surface area (Å²) in [5, 5.41) is 3.11. The predicted octanol–water partition coefficient (Wildman–Crippen LogP) is 4.59. The van der Waals surface area contributed by atoms with Crippen molar-refractivity contribution in [3.05, 3.63) is 69.8 Å². The number of nitrogens with zero attached hydrogens (tertiary/aromatic N) is 1. The average molecular weight is 363 g/mol. The fourth-order valence-electron chi connectivity index (χ4n) is 2.12. The third-order valence-electron chi connectivity index (χ3n) is 3.34. The van der Waals surface area contributed by atoms with Crippen LogP contribution in [0, 0.1) is 5.82 Å². The molecule has 1 saturated heterocycles. The van der Waals surface area contributed by atoms with Crippen LogP contribution in [-0.2, 0) is 4.79 Å². The van der Waals surface area contributed by atoms with Crippen LogP contribution < -0.4 is 5.32 Å². The van der Waals surface area contributed by atoms with Gasteiger partial charge >= 0.3 is 0 Å². The third kappa shape index (κ3) is 3.60. The number of nitrogens with one attached hydrogen (secondary N) is 1. The van der Waals surface area contributed by atoms with E-state index in [0.717, 1.165) is 16.7 Å². The minimum atomic E-state index is -0.395. The molecule has 2 aromatic carbocycles. The van der Waals surface area contributed by atoms with E-state index >= 15 is 0 Å². The molecule has 0 bridgehead atoms. The molecule has 0 aliphatic carbocycles. The molecule has 7 heteroatoms. The van der Waals surface area contributed by atoms with Gasteiger partial charge in [0.2, 0.25) is 0 Å². The molecule has 1 fully saturated rings. The lowest BCUT2D eigenvalue weighted by molar-refractivity contribution is -0.122. The zero-order valence-corrected chi connectivity index (χ0v) is 13.9. The number of benzene rings is 2. The monoisotopic (exact) mass is 362 g/mol. The zero-order valence-electron chi connectivity index (χ0n) is 12.3. The zero-order chi connectivity index (χ0) is 17.1. The summed E-state index contributed by atoms with van der Waals surface area (Å²) in [6.45, 7) is 0.0230. The molecule has 2 aromatic rings. The third-order valence-corrected chi connectivity index (χ3v) is 4.58. The number of anilines is 1. The maximum absolute atomic E-state index is 12.9. The average Bonchev–Trinajstić information content (AvgIpc) is 2.83. The van der Waals surface area contributed by atoms with Crippen molar-refractivity contribution in [2.75, 3.05) is 12.0 Å². The number of amides is 2. The normalized spacial score (nSPS) is 16.1. The summed E-state index contributed by atoms with van der Waals surface area (Å²) in [6, 6.07) is 12.8. The van der Waals surface area contributed by atoms with Crippen molar-refractivity contribution >= 4 is 46.3 Å². The van der Waals surface area contributed by atoms with Gasteiger partial charge in [-0.1, -0.05) is 35.9 Å². The van der Waals surface area contributed by atoms with E-state index in [4.69, 9.17) is 11.6 Å². The Hall–Kier alpha value is -2.31. The molecule has 0 atom stereocenters. The number of carbonyl (C=O) groups is 2. The van der Waals surface area contributed by atoms with Crippen LogP contribution in [0.2, 0.25) is 5.02 Å². The lowest BCUT2D eigenvalue weighted by Crippen LogP contribution is -2.33. The Morgan fingerprint density at radius 3 is 2.54 bits per heavy atom. The van der Waals surface area contributed by atoms with Gasteiger partial charge in [0.25, 0.3) is 11.1 Å². The highest BCUT2D eigenvalue weighted by Crippen LogP contribution is 2.32. The van der Waals surface area contributed by atoms with Gasteiger partial charge in [0.1, 0.15) is 5.82 Å². The fraction of sp³-hybridized carbons (Fsp3) is 0.0588. The van der Waals surface area contributed by atoms with Gasteiger partial charge < -0.3 is 5.32 Å². The first kappa shape index (κ1) is 16.5. The molecule has 0 radical (unpaired) electrons. The van der Waals surface area contributed by atoms with E-state index in [1.54, 1.807) is 42.5 Å². The molecule has 0 saturated carbocycles. The smallest absolute Gasteiger partial charge is 0.295 e. The van der Waals surface area contributed by atoms with Gasteiger partial charge in [-0.05, 0) is 47.7 Å². The number of rotatable bonds is 4. The van der Waals surface area contributed by atoms with Crippen LogP contribution in [0.15, 0.2) is 53.4 Å². The second-order valence-electron chi connectivity index (χ2n) is 4.98. The van der Waals surface area contributed by atoms with Crippen LogP contribution in [0.25, 0.3) is 6.08 Å². The first-order chi connectivity index (χ1) is 11.5. The Bertz CT molecular complexity index is 824. The van der Waals surface area contributed by atoms with Crippen LogP contribution in [0.5, 0.6) is 0 Å². The van der Waals surface area contributed by atoms with Crippen LogP contribution in [0.3, 0.4) is 0 Å². The van der Waals surface area contributed by atoms with Gasteiger partial charge in [0, 0.05) is 0 Å². The summed E-state index contributed by atoms with van der Waals surface area (Å²) >= 11 is 6.89. The first-order valence-corrected chi connectivity index (χ1v) is 8.23. The molecular weight excluding hydrogens is 351 g/mol. The van der Waals surface area contributed by atoms with E-state index < -0.39 is 5.91 Å². The predicted molar refractivity (Wildman–Crippen MR) is 94.2 cm³/mol. The van der Waals surface area contributed by atoms with Gasteiger partial charge in [-0.15, -0.1) is 0 Å². The topological polar surface area (TPSA) is 49.4 Å². The molecule has 2 amide bonds. The van der Waals surface area contributed by atoms with Crippen molar-refractivity contribution < 1.29 is 14.0 Å². The van der Waals surface area contributed by atoms with Gasteiger partial charge in [-0.25, -0.2) is 4.39 Å². The molecule has 1 aliphatic rings. The second-order valence-corrected chi connectivity index (χ2v) is 6.38. The van der Waals surface area contributed by atoms with Crippen LogP contribution in [-0.4, -0.2) is 22.7 Å². The Morgan fingerprint density at radius 2 is 1.83 bits per heavy atom. The second kappa shape index (κ2) is 7.07. The molecule has 0 aromatic heterocycles. The molecule has 122 valence electrons. The standard InChI is InChI=1S/C17H12ClFN2O2S/c18-13-3-1-2-4-14(13)20-10-21-16(22)15(24-17(21)23)9-11-5-7-12(19)8-6-11/h1-9,20H,10H2. The maximum atomic E-state index is 12.9. The number of hydrogen-bond acceptors (Lipinski definition) is 4. The van der Waals surface area contributed by atoms with E-state index in [-0.39, 0.29) is 17.7 Å². The van der Waals surface area contributed by atoms with E-state index in [1.807, 2.05) is 0 Å². The van der Waals surface area contributed by atoms with E-state index in [2.05, 4.69) is 5.32 Å². The Morgan fingerprint density at radius 1 is 1.12 bits per heavy atom. The van der Waals surface area contributed by atoms with Crippen LogP contribution in [0.1, 0.15) is 5.56 Å². The quantitative estimate of drug-likeness (QED) is 0.808. The lowest BCUT2D eigenvalue weighted by Gasteiger charge is -2.15. The van der Waals surface area contributed by atoms with E-state index in [1.165, 1.54) is 12.1 Å². The number of imide groups is 1.